The maximum absolute atomic E-state index is 14.5. The molecule has 1 amide bonds. The Labute approximate surface area is 238 Å². The van der Waals surface area contributed by atoms with Crippen LogP contribution in [0, 0.1) is 47.7 Å². The van der Waals surface area contributed by atoms with Crippen LogP contribution in [0.2, 0.25) is 0 Å². The number of nitrogens with one attached hydrogen (secondary N) is 2. The number of allylic oxidation sites excluding steroid dienone is 5. The molecule has 3 aliphatic rings. The molecule has 0 spiro atoms. The van der Waals surface area contributed by atoms with Gasteiger partial charge in [0.25, 0.3) is 0 Å². The minimum absolute atomic E-state index is 0.263. The van der Waals surface area contributed by atoms with Gasteiger partial charge in [-0.1, -0.05) is 37.1 Å². The highest BCUT2D eigenvalue weighted by atomic mass is 19.4. The highest BCUT2D eigenvalue weighted by Gasteiger charge is 2.61. The first kappa shape index (κ1) is 29.0. The molecule has 4 atom stereocenters. The Bertz CT molecular complexity index is 1490. The van der Waals surface area contributed by atoms with Crippen molar-refractivity contribution in [3.8, 4) is 0 Å². The number of anilines is 1. The second-order valence-electron chi connectivity index (χ2n) is 12.2. The maximum Gasteiger partial charge on any atom is 0.392 e. The topological polar surface area (TPSA) is 69.6 Å². The van der Waals surface area contributed by atoms with Crippen molar-refractivity contribution >= 4 is 23.5 Å². The van der Waals surface area contributed by atoms with Gasteiger partial charge in [0, 0.05) is 40.4 Å². The fourth-order valence-electron chi connectivity index (χ4n) is 7.26. The van der Waals surface area contributed by atoms with E-state index in [4.69, 9.17) is 5.41 Å². The van der Waals surface area contributed by atoms with Crippen LogP contribution >= 0.6 is 0 Å². The number of aryl methyl sites for hydroxylation is 2. The highest BCUT2D eigenvalue weighted by molar-refractivity contribution is 5.94. The number of benzene rings is 2. The fourth-order valence-corrected chi connectivity index (χ4v) is 7.26. The quantitative estimate of drug-likeness (QED) is 0.150. The molecule has 41 heavy (non-hydrogen) atoms. The summed E-state index contributed by atoms with van der Waals surface area (Å²) in [4.78, 5) is 13.8. The van der Waals surface area contributed by atoms with Crippen LogP contribution in [0.4, 0.5) is 28.9 Å². The lowest BCUT2D eigenvalue weighted by atomic mass is 9.47. The number of hydrogen-bond acceptors (Lipinski definition) is 2. The number of nitrogens with two attached hydrogens (primary N) is 1. The minimum Gasteiger partial charge on any atom is -0.326 e. The monoisotopic (exact) mass is 566 g/mol. The Morgan fingerprint density at radius 3 is 2.44 bits per heavy atom. The molecule has 1 saturated carbocycles. The molecule has 4 N–H and O–H groups in total. The summed E-state index contributed by atoms with van der Waals surface area (Å²) in [6, 6.07) is 11.5. The van der Waals surface area contributed by atoms with E-state index in [-0.39, 0.29) is 12.2 Å². The smallest absolute Gasteiger partial charge is 0.326 e. The maximum atomic E-state index is 14.5. The number of rotatable bonds is 5. The van der Waals surface area contributed by atoms with E-state index in [1.54, 1.807) is 30.3 Å². The third kappa shape index (κ3) is 5.18. The van der Waals surface area contributed by atoms with Crippen LogP contribution in [0.15, 0.2) is 77.0 Å². The van der Waals surface area contributed by atoms with Gasteiger partial charge in [0.2, 0.25) is 5.91 Å². The predicted molar refractivity (Wildman–Crippen MR) is 152 cm³/mol. The zero-order valence-electron chi connectivity index (χ0n) is 23.8. The van der Waals surface area contributed by atoms with Gasteiger partial charge in [0.15, 0.2) is 0 Å². The van der Waals surface area contributed by atoms with Gasteiger partial charge in [0.05, 0.1) is 11.8 Å². The van der Waals surface area contributed by atoms with Gasteiger partial charge in [0.1, 0.15) is 17.2 Å². The fraction of sp³-hybridized carbons (Fsp3) is 0.394. The summed E-state index contributed by atoms with van der Waals surface area (Å²) in [6.07, 6.45) is 1.65. The van der Waals surface area contributed by atoms with Crippen molar-refractivity contribution in [2.45, 2.75) is 59.6 Å². The van der Waals surface area contributed by atoms with Crippen LogP contribution in [0.5, 0.6) is 0 Å². The number of halogens is 4. The van der Waals surface area contributed by atoms with E-state index < -0.39 is 34.7 Å². The van der Waals surface area contributed by atoms with Crippen molar-refractivity contribution in [2.75, 3.05) is 5.32 Å². The van der Waals surface area contributed by atoms with Crippen LogP contribution in [0.25, 0.3) is 0 Å². The van der Waals surface area contributed by atoms with Gasteiger partial charge >= 0.3 is 6.18 Å². The zero-order chi connectivity index (χ0) is 29.7. The lowest BCUT2D eigenvalue weighted by Gasteiger charge is -2.56. The van der Waals surface area contributed by atoms with E-state index in [2.05, 4.69) is 5.32 Å². The predicted octanol–water partition coefficient (Wildman–Crippen LogP) is 7.44. The first-order chi connectivity index (χ1) is 19.3. The Kier molecular flexibility index (Phi) is 7.35. The number of carbonyl (C=O) groups is 1. The van der Waals surface area contributed by atoms with Gasteiger partial charge in [-0.2, -0.15) is 13.2 Å². The third-order valence-corrected chi connectivity index (χ3v) is 9.59. The number of fused-ring (bicyclic) bond motifs is 3. The molecule has 0 bridgehead atoms. The van der Waals surface area contributed by atoms with E-state index in [9.17, 15) is 22.4 Å². The zero-order valence-corrected chi connectivity index (χ0v) is 23.8. The largest absolute Gasteiger partial charge is 0.392 e. The van der Waals surface area contributed by atoms with Gasteiger partial charge < -0.3 is 10.7 Å². The van der Waals surface area contributed by atoms with Crippen molar-refractivity contribution in [3.05, 3.63) is 94.0 Å². The molecular formula is C33H36F4N3O+. The van der Waals surface area contributed by atoms with Crippen LogP contribution < -0.4 is 10.6 Å². The van der Waals surface area contributed by atoms with Gasteiger partial charge in [-0.25, -0.2) is 4.39 Å². The molecule has 0 heterocycles. The van der Waals surface area contributed by atoms with Gasteiger partial charge in [-0.05, 0) is 81.0 Å². The second kappa shape index (κ2) is 10.4. The van der Waals surface area contributed by atoms with Crippen LogP contribution in [-0.4, -0.2) is 18.3 Å². The average Bonchev–Trinajstić information content (AvgIpc) is 2.90. The summed E-state index contributed by atoms with van der Waals surface area (Å²) < 4.78 is 56.9. The Morgan fingerprint density at radius 1 is 1.10 bits per heavy atom. The molecule has 1 fully saturated rings. The number of quaternary nitrogens is 1. The summed E-state index contributed by atoms with van der Waals surface area (Å²) >= 11 is 0. The Hall–Kier alpha value is -3.52. The van der Waals surface area contributed by atoms with Crippen molar-refractivity contribution in [2.24, 2.45) is 22.7 Å². The summed E-state index contributed by atoms with van der Waals surface area (Å²) in [5, 5.41) is 12.9. The van der Waals surface area contributed by atoms with E-state index in [0.29, 0.717) is 24.9 Å². The van der Waals surface area contributed by atoms with E-state index in [0.717, 1.165) is 39.2 Å². The normalized spacial score (nSPS) is 27.8. The second-order valence-corrected chi connectivity index (χ2v) is 12.2. The molecule has 3 aliphatic carbocycles. The van der Waals surface area contributed by atoms with E-state index in [1.807, 2.05) is 45.2 Å². The number of carbonyl (C=O) groups excluding carboxylic acids is 1. The first-order valence-corrected chi connectivity index (χ1v) is 14.0. The molecule has 0 saturated heterocycles. The average molecular weight is 567 g/mol. The van der Waals surface area contributed by atoms with Crippen molar-refractivity contribution < 1.29 is 27.7 Å². The van der Waals surface area contributed by atoms with E-state index in [1.165, 1.54) is 18.3 Å². The first-order valence-electron chi connectivity index (χ1n) is 14.0. The molecular weight excluding hydrogens is 530 g/mol. The van der Waals surface area contributed by atoms with Crippen molar-refractivity contribution in [3.63, 3.8) is 0 Å². The van der Waals surface area contributed by atoms with E-state index >= 15 is 0 Å². The van der Waals surface area contributed by atoms with Crippen LogP contribution in [-0.2, 0) is 4.79 Å². The third-order valence-electron chi connectivity index (χ3n) is 9.59. The molecule has 8 heteroatoms. The van der Waals surface area contributed by atoms with Gasteiger partial charge in [-0.15, -0.1) is 0 Å². The summed E-state index contributed by atoms with van der Waals surface area (Å²) in [6.45, 7) is 7.70. The molecule has 216 valence electrons. The van der Waals surface area contributed by atoms with Crippen LogP contribution in [0.1, 0.15) is 50.7 Å². The number of amides is 1. The number of hydrogen-bond donors (Lipinski definition) is 3. The summed E-state index contributed by atoms with van der Waals surface area (Å²) in [5.74, 6) is -4.02. The summed E-state index contributed by atoms with van der Waals surface area (Å²) in [7, 11) is 0. The lowest BCUT2D eigenvalue weighted by Crippen LogP contribution is -2.76. The minimum atomic E-state index is -4.53. The molecule has 0 unspecified atom stereocenters. The Morgan fingerprint density at radius 2 is 1.80 bits per heavy atom. The molecule has 2 aromatic rings. The molecule has 5 rings (SSSR count). The standard InChI is InChI=1S/C33H35F4N3O/c1-19-5-8-25(15-20(19)2)40-30(41)29-26(33(35,36)37)11-12-28-31(29,3)14-13-22-16-27(21(18-38)17-32(22,28)4)39-24-9-6-23(34)7-10-24/h5-10,12,15-16,18,26,29,38-39H,11,13-14,17H2,1-4H3,(H,40,41)/p+1/t26-,29-,31+,32+/m1/s1. The molecule has 0 aromatic heterocycles. The molecule has 0 radical (unpaired) electrons. The molecule has 4 nitrogen and oxygen atoms in total. The Balaban J connectivity index is 1.51. The summed E-state index contributed by atoms with van der Waals surface area (Å²) in [5.41, 5.74) is 5.18. The molecule has 2 aromatic carbocycles. The molecule has 0 aliphatic heterocycles. The lowest BCUT2D eigenvalue weighted by molar-refractivity contribution is -0.513. The SMILES string of the molecule is Cc1ccc(NC(=O)[C@H]2[C@H](C(F)(F)F)CC=C3[C@@]4(C)CC(C=N)=C([NH2+]c5ccc(F)cc5)C=C4CC[C@@]32C)cc1C. The van der Waals surface area contributed by atoms with Gasteiger partial charge in [-0.3, -0.25) is 10.1 Å². The van der Waals surface area contributed by atoms with Crippen LogP contribution in [0.3, 0.4) is 0 Å². The van der Waals surface area contributed by atoms with Crippen molar-refractivity contribution in [1.29, 1.82) is 5.41 Å². The highest BCUT2D eigenvalue weighted by Crippen LogP contribution is 2.64. The number of alkyl halides is 3. The van der Waals surface area contributed by atoms with Crippen molar-refractivity contribution in [1.82, 2.24) is 0 Å².